The Balaban J connectivity index is 0.000000374. The number of imidazole rings is 2. The summed E-state index contributed by atoms with van der Waals surface area (Å²) in [4.78, 5) is 74.1. The van der Waals surface area contributed by atoms with Crippen LogP contribution in [0.1, 0.15) is 67.4 Å². The second kappa shape index (κ2) is 17.5. The predicted molar refractivity (Wildman–Crippen MR) is 198 cm³/mol. The fraction of sp³-hybridized carbons (Fsp3) is 0.316. The number of carbonyl (C=O) groups is 4. The number of esters is 3. The first-order valence-electron chi connectivity index (χ1n) is 17.6. The molecule has 0 aliphatic carbocycles. The number of ether oxygens (including phenoxy) is 4. The lowest BCUT2D eigenvalue weighted by molar-refractivity contribution is -0.166. The van der Waals surface area contributed by atoms with Gasteiger partial charge in [0, 0.05) is 39.7 Å². The molecule has 1 aliphatic rings. The van der Waals surface area contributed by atoms with Gasteiger partial charge in [-0.1, -0.05) is 67.6 Å². The molecule has 1 fully saturated rings. The number of aromatic carboxylic acids is 1. The number of nitrogens with zero attached hydrogens (tertiary/aromatic N) is 7. The topological polar surface area (TPSA) is 236 Å². The molecule has 7 rings (SSSR count). The van der Waals surface area contributed by atoms with E-state index in [4.69, 9.17) is 34.0 Å². The molecule has 0 radical (unpaired) electrons. The third-order valence-electron chi connectivity index (χ3n) is 8.64. The van der Waals surface area contributed by atoms with Crippen molar-refractivity contribution >= 4 is 52.0 Å². The number of fused-ring (bicyclic) bond motifs is 2. The number of anilines is 1. The fourth-order valence-electron chi connectivity index (χ4n) is 6.19. The summed E-state index contributed by atoms with van der Waals surface area (Å²) in [6.07, 6.45) is 0.871. The first-order chi connectivity index (χ1) is 27.0. The molecule has 6 aromatic rings. The largest absolute Gasteiger partial charge is 0.475 e. The lowest BCUT2D eigenvalue weighted by Gasteiger charge is -2.24. The molecular formula is C38H39N9O9. The van der Waals surface area contributed by atoms with E-state index in [1.54, 1.807) is 4.57 Å². The lowest BCUT2D eigenvalue weighted by atomic mass is 9.91. The van der Waals surface area contributed by atoms with Crippen LogP contribution in [0.2, 0.25) is 0 Å². The molecule has 3 N–H and O–H groups in total. The van der Waals surface area contributed by atoms with Crippen molar-refractivity contribution in [1.82, 2.24) is 39.5 Å². The highest BCUT2D eigenvalue weighted by Gasteiger charge is 2.51. The molecule has 4 atom stereocenters. The summed E-state index contributed by atoms with van der Waals surface area (Å²) in [5, 5.41) is 12.0. The Labute approximate surface area is 319 Å². The van der Waals surface area contributed by atoms with Crippen molar-refractivity contribution in [2.24, 2.45) is 0 Å². The number of hydrogen-bond acceptors (Lipinski definition) is 15. The number of carbonyl (C=O) groups excluding carboxylic acids is 3. The van der Waals surface area contributed by atoms with Gasteiger partial charge in [-0.3, -0.25) is 19.0 Å². The number of hydrogen-bond donors (Lipinski definition) is 3. The molecule has 56 heavy (non-hydrogen) atoms. The van der Waals surface area contributed by atoms with Crippen LogP contribution in [0, 0.1) is 0 Å². The summed E-state index contributed by atoms with van der Waals surface area (Å²) < 4.78 is 24.2. The minimum Gasteiger partial charge on any atom is -0.475 e. The Bertz CT molecular complexity index is 2280. The van der Waals surface area contributed by atoms with E-state index in [-0.39, 0.29) is 18.3 Å². The molecule has 4 aromatic heterocycles. The maximum Gasteiger partial charge on any atom is 0.374 e. The van der Waals surface area contributed by atoms with Gasteiger partial charge in [0.25, 0.3) is 0 Å². The van der Waals surface area contributed by atoms with Crippen molar-refractivity contribution in [1.29, 1.82) is 0 Å². The first kappa shape index (κ1) is 38.9. The van der Waals surface area contributed by atoms with Crippen LogP contribution in [0.25, 0.3) is 22.3 Å². The number of carboxylic acid groups (broad SMARTS) is 1. The van der Waals surface area contributed by atoms with Crippen LogP contribution in [-0.4, -0.2) is 99.9 Å². The molecule has 0 bridgehead atoms. The molecule has 0 unspecified atom stereocenters. The van der Waals surface area contributed by atoms with Gasteiger partial charge in [0.2, 0.25) is 5.82 Å². The van der Waals surface area contributed by atoms with E-state index >= 15 is 0 Å². The Hall–Kier alpha value is -6.82. The summed E-state index contributed by atoms with van der Waals surface area (Å²) >= 11 is 0. The minimum atomic E-state index is -1.15. The van der Waals surface area contributed by atoms with Gasteiger partial charge < -0.3 is 34.4 Å². The van der Waals surface area contributed by atoms with Gasteiger partial charge in [0.05, 0.1) is 18.9 Å². The molecule has 290 valence electrons. The van der Waals surface area contributed by atoms with Crippen LogP contribution in [0.4, 0.5) is 5.82 Å². The third-order valence-corrected chi connectivity index (χ3v) is 8.64. The average Bonchev–Trinajstić information content (AvgIpc) is 3.92. The zero-order chi connectivity index (χ0) is 39.8. The molecule has 2 aromatic carbocycles. The number of H-pyrrole nitrogens is 1. The van der Waals surface area contributed by atoms with E-state index in [0.29, 0.717) is 46.9 Å². The second-order valence-electron chi connectivity index (χ2n) is 12.6. The highest BCUT2D eigenvalue weighted by molar-refractivity contribution is 5.85. The van der Waals surface area contributed by atoms with Crippen molar-refractivity contribution in [3.8, 4) is 0 Å². The number of aromatic nitrogens is 8. The summed E-state index contributed by atoms with van der Waals surface area (Å²) in [6.45, 7) is 6.02. The highest BCUT2D eigenvalue weighted by atomic mass is 16.7. The van der Waals surface area contributed by atoms with Gasteiger partial charge in [0.1, 0.15) is 24.1 Å². The van der Waals surface area contributed by atoms with Crippen LogP contribution in [0.15, 0.2) is 79.5 Å². The fourth-order valence-corrected chi connectivity index (χ4v) is 6.19. The van der Waals surface area contributed by atoms with E-state index in [0.717, 1.165) is 11.1 Å². The third kappa shape index (κ3) is 9.09. The van der Waals surface area contributed by atoms with Crippen molar-refractivity contribution in [2.45, 2.75) is 64.6 Å². The Morgan fingerprint density at radius 1 is 0.875 bits per heavy atom. The van der Waals surface area contributed by atoms with Gasteiger partial charge in [-0.15, -0.1) is 0 Å². The number of carboxylic acids is 1. The molecule has 1 aliphatic heterocycles. The smallest absolute Gasteiger partial charge is 0.374 e. The van der Waals surface area contributed by atoms with E-state index in [1.165, 1.54) is 39.6 Å². The molecule has 0 spiro atoms. The van der Waals surface area contributed by atoms with Gasteiger partial charge in [-0.25, -0.2) is 34.7 Å². The predicted octanol–water partition coefficient (Wildman–Crippen LogP) is 4.01. The van der Waals surface area contributed by atoms with Gasteiger partial charge in [-0.2, -0.15) is 0 Å². The lowest BCUT2D eigenvalue weighted by Crippen LogP contribution is -2.40. The maximum atomic E-state index is 12.2. The minimum absolute atomic E-state index is 0.0348. The number of aromatic amines is 1. The van der Waals surface area contributed by atoms with Crippen molar-refractivity contribution in [3.05, 3.63) is 102 Å². The average molecular weight is 766 g/mol. The second-order valence-corrected chi connectivity index (χ2v) is 12.6. The van der Waals surface area contributed by atoms with E-state index < -0.39 is 48.4 Å². The van der Waals surface area contributed by atoms with E-state index in [1.807, 2.05) is 43.3 Å². The standard InChI is InChI=1S/C32H35N5O7.C6H4N4O2/c1-5-26-35-30(33-16-24(22-12-8-6-9-13-22)23-14-10-7-11-15-23)27-31(36-26)37(18-34-27)32-29(43-21(4)40)28(42-20(3)39)25(44-32)17-41-19(2)38;11-6(12)5-7-1-3-4(10-5)9-2-8-3/h6-15,18,24-25,28-29,32H,5,16-17H2,1-4H3,(H,33,35,36);1-2H,(H,11,12)(H,7,8,9,10)/t25-,28-,29-,32-;/m1./s1. The van der Waals surface area contributed by atoms with Crippen molar-refractivity contribution in [3.63, 3.8) is 0 Å². The Morgan fingerprint density at radius 2 is 1.54 bits per heavy atom. The Morgan fingerprint density at radius 3 is 2.14 bits per heavy atom. The SMILES string of the molecule is CCc1nc(NCC(c2ccccc2)c2ccccc2)c2ncn([C@@H]3O[C@H](COC(C)=O)[C@@H](OC(C)=O)[C@H]3OC(C)=O)c2n1.O=C(O)c1ncc2nc[nH]c2n1. The summed E-state index contributed by atoms with van der Waals surface area (Å²) in [5.41, 5.74) is 4.21. The number of rotatable bonds is 12. The molecule has 18 nitrogen and oxygen atoms in total. The zero-order valence-electron chi connectivity index (χ0n) is 30.9. The summed E-state index contributed by atoms with van der Waals surface area (Å²) in [5.74, 6) is -1.97. The number of aryl methyl sites for hydroxylation is 1. The molecule has 0 saturated carbocycles. The number of benzene rings is 2. The van der Waals surface area contributed by atoms with E-state index in [2.05, 4.69) is 54.5 Å². The maximum absolute atomic E-state index is 12.2. The molecule has 0 amide bonds. The number of nitrogens with one attached hydrogen (secondary N) is 2. The van der Waals surface area contributed by atoms with Crippen LogP contribution >= 0.6 is 0 Å². The van der Waals surface area contributed by atoms with Gasteiger partial charge in [0.15, 0.2) is 41.1 Å². The quantitative estimate of drug-likeness (QED) is 0.118. The van der Waals surface area contributed by atoms with Crippen LogP contribution in [0.3, 0.4) is 0 Å². The Kier molecular flexibility index (Phi) is 12.2. The van der Waals surface area contributed by atoms with Crippen LogP contribution in [-0.2, 0) is 39.8 Å². The van der Waals surface area contributed by atoms with Crippen LogP contribution in [0.5, 0.6) is 0 Å². The molecular weight excluding hydrogens is 726 g/mol. The molecule has 5 heterocycles. The van der Waals surface area contributed by atoms with Crippen LogP contribution < -0.4 is 5.32 Å². The normalized spacial score (nSPS) is 17.6. The summed E-state index contributed by atoms with van der Waals surface area (Å²) in [7, 11) is 0. The first-order valence-corrected chi connectivity index (χ1v) is 17.6. The molecule has 1 saturated heterocycles. The highest BCUT2D eigenvalue weighted by Crippen LogP contribution is 2.37. The monoisotopic (exact) mass is 765 g/mol. The molecule has 18 heteroatoms. The zero-order valence-corrected chi connectivity index (χ0v) is 30.9. The summed E-state index contributed by atoms with van der Waals surface area (Å²) in [6, 6.07) is 20.4. The van der Waals surface area contributed by atoms with Crippen molar-refractivity contribution in [2.75, 3.05) is 18.5 Å². The van der Waals surface area contributed by atoms with Gasteiger partial charge in [-0.05, 0) is 11.1 Å². The van der Waals surface area contributed by atoms with E-state index in [9.17, 15) is 19.2 Å². The van der Waals surface area contributed by atoms with Gasteiger partial charge >= 0.3 is 23.9 Å². The van der Waals surface area contributed by atoms with Crippen molar-refractivity contribution < 1.29 is 43.2 Å².